The zero-order valence-corrected chi connectivity index (χ0v) is 9.63. The van der Waals surface area contributed by atoms with Gasteiger partial charge in [-0.3, -0.25) is 0 Å². The summed E-state index contributed by atoms with van der Waals surface area (Å²) >= 11 is 0. The lowest BCUT2D eigenvalue weighted by Gasteiger charge is -2.17. The molecule has 0 amide bonds. The van der Waals surface area contributed by atoms with Crippen LogP contribution in [0.25, 0.3) is 11.3 Å². The molecule has 0 radical (unpaired) electrons. The minimum Gasteiger partial charge on any atom is -0.166 e. The predicted molar refractivity (Wildman–Crippen MR) is 57.5 cm³/mol. The third-order valence-corrected chi connectivity index (χ3v) is 2.50. The predicted octanol–water partition coefficient (Wildman–Crippen LogP) is 4.18. The number of aromatic nitrogens is 2. The van der Waals surface area contributed by atoms with Crippen LogP contribution in [-0.4, -0.2) is 10.2 Å². The molecule has 0 aliphatic carbocycles. The highest BCUT2D eigenvalue weighted by molar-refractivity contribution is 5.69. The van der Waals surface area contributed by atoms with Gasteiger partial charge in [0.15, 0.2) is 0 Å². The van der Waals surface area contributed by atoms with E-state index in [1.165, 1.54) is 6.07 Å². The summed E-state index contributed by atoms with van der Waals surface area (Å²) in [6.45, 7) is 0. The fraction of sp³-hybridized carbons (Fsp3) is 0.167. The summed E-state index contributed by atoms with van der Waals surface area (Å²) in [5, 5.41) is 6.67. The van der Waals surface area contributed by atoms with Crippen molar-refractivity contribution in [2.75, 3.05) is 0 Å². The first-order valence-corrected chi connectivity index (χ1v) is 5.27. The molecule has 0 aliphatic heterocycles. The highest BCUT2D eigenvalue weighted by atomic mass is 19.4. The highest BCUT2D eigenvalue weighted by Gasteiger charge is 2.41. The molecule has 0 spiro atoms. The Labute approximate surface area is 109 Å². The van der Waals surface area contributed by atoms with Gasteiger partial charge in [0.2, 0.25) is 0 Å². The van der Waals surface area contributed by atoms with Gasteiger partial charge >= 0.3 is 12.4 Å². The van der Waals surface area contributed by atoms with Crippen molar-refractivity contribution in [2.24, 2.45) is 0 Å². The number of rotatable bonds is 1. The molecule has 2 nitrogen and oxygen atoms in total. The molecule has 0 N–H and O–H groups in total. The minimum atomic E-state index is -4.92. The molecule has 0 unspecified atom stereocenters. The van der Waals surface area contributed by atoms with E-state index in [1.807, 2.05) is 0 Å². The number of nitrogens with zero attached hydrogens (tertiary/aromatic N) is 2. The Hall–Kier alpha value is -2.12. The van der Waals surface area contributed by atoms with Crippen LogP contribution in [0.1, 0.15) is 11.1 Å². The van der Waals surface area contributed by atoms with Gasteiger partial charge < -0.3 is 0 Å². The van der Waals surface area contributed by atoms with Crippen LogP contribution in [0.2, 0.25) is 0 Å². The molecule has 0 atom stereocenters. The SMILES string of the molecule is FC(F)(F)c1cccc(C(F)(F)F)c1-c1cccnn1. The van der Waals surface area contributed by atoms with E-state index in [0.717, 1.165) is 12.3 Å². The number of halogens is 6. The van der Waals surface area contributed by atoms with E-state index in [2.05, 4.69) is 10.2 Å². The van der Waals surface area contributed by atoms with Gasteiger partial charge in [0, 0.05) is 11.8 Å². The van der Waals surface area contributed by atoms with Crippen molar-refractivity contribution >= 4 is 0 Å². The van der Waals surface area contributed by atoms with Crippen molar-refractivity contribution in [1.29, 1.82) is 0 Å². The summed E-state index contributed by atoms with van der Waals surface area (Å²) in [6.07, 6.45) is -8.69. The maximum Gasteiger partial charge on any atom is 0.417 e. The topological polar surface area (TPSA) is 25.8 Å². The van der Waals surface area contributed by atoms with Gasteiger partial charge in [-0.15, -0.1) is 0 Å². The average Bonchev–Trinajstić information content (AvgIpc) is 2.37. The van der Waals surface area contributed by atoms with Crippen LogP contribution < -0.4 is 0 Å². The molecule has 0 saturated heterocycles. The Morgan fingerprint density at radius 2 is 1.30 bits per heavy atom. The molecule has 0 fully saturated rings. The summed E-state index contributed by atoms with van der Waals surface area (Å²) in [5.74, 6) is 0. The second kappa shape index (κ2) is 4.77. The van der Waals surface area contributed by atoms with E-state index in [9.17, 15) is 26.3 Å². The fourth-order valence-corrected chi connectivity index (χ4v) is 1.74. The molecule has 106 valence electrons. The smallest absolute Gasteiger partial charge is 0.166 e. The van der Waals surface area contributed by atoms with Gasteiger partial charge in [-0.1, -0.05) is 6.07 Å². The molecular weight excluding hydrogens is 286 g/mol. The molecule has 8 heteroatoms. The molecule has 1 heterocycles. The number of hydrogen-bond donors (Lipinski definition) is 0. The third-order valence-electron chi connectivity index (χ3n) is 2.50. The van der Waals surface area contributed by atoms with Gasteiger partial charge in [0.1, 0.15) is 0 Å². The fourth-order valence-electron chi connectivity index (χ4n) is 1.74. The summed E-state index contributed by atoms with van der Waals surface area (Å²) in [6, 6.07) is 4.15. The van der Waals surface area contributed by atoms with Gasteiger partial charge in [-0.05, 0) is 24.3 Å². The molecule has 0 aliphatic rings. The first-order valence-electron chi connectivity index (χ1n) is 5.27. The van der Waals surface area contributed by atoms with Crippen LogP contribution in [0.15, 0.2) is 36.5 Å². The zero-order valence-electron chi connectivity index (χ0n) is 9.63. The van der Waals surface area contributed by atoms with E-state index in [-0.39, 0.29) is 0 Å². The second-order valence-electron chi connectivity index (χ2n) is 3.83. The molecule has 2 aromatic rings. The van der Waals surface area contributed by atoms with Gasteiger partial charge in [-0.2, -0.15) is 36.5 Å². The Bertz CT molecular complexity index is 571. The van der Waals surface area contributed by atoms with Crippen LogP contribution in [0.5, 0.6) is 0 Å². The van der Waals surface area contributed by atoms with Crippen molar-refractivity contribution in [2.45, 2.75) is 12.4 Å². The Balaban J connectivity index is 2.80. The molecule has 0 bridgehead atoms. The van der Waals surface area contributed by atoms with E-state index in [1.54, 1.807) is 0 Å². The lowest BCUT2D eigenvalue weighted by Crippen LogP contribution is -2.14. The van der Waals surface area contributed by atoms with Crippen LogP contribution in [-0.2, 0) is 12.4 Å². The molecule has 0 saturated carbocycles. The van der Waals surface area contributed by atoms with Gasteiger partial charge in [0.05, 0.1) is 16.8 Å². The maximum atomic E-state index is 12.9. The van der Waals surface area contributed by atoms with Crippen LogP contribution in [0.3, 0.4) is 0 Å². The maximum absolute atomic E-state index is 12.9. The van der Waals surface area contributed by atoms with Crippen molar-refractivity contribution in [3.63, 3.8) is 0 Å². The summed E-state index contributed by atoms with van der Waals surface area (Å²) < 4.78 is 77.3. The van der Waals surface area contributed by atoms with Crippen LogP contribution in [0, 0.1) is 0 Å². The van der Waals surface area contributed by atoms with Gasteiger partial charge in [0.25, 0.3) is 0 Å². The molecule has 2 rings (SSSR count). The Kier molecular flexibility index (Phi) is 3.41. The second-order valence-corrected chi connectivity index (χ2v) is 3.83. The normalized spacial score (nSPS) is 12.5. The number of hydrogen-bond acceptors (Lipinski definition) is 2. The quantitative estimate of drug-likeness (QED) is 0.737. The molecule has 20 heavy (non-hydrogen) atoms. The molecular formula is C12H6F6N2. The molecule has 1 aromatic heterocycles. The standard InChI is InChI=1S/C12H6F6N2/c13-11(14,15)7-3-1-4-8(12(16,17)18)10(7)9-5-2-6-19-20-9/h1-6H. The van der Waals surface area contributed by atoms with Crippen molar-refractivity contribution in [3.8, 4) is 11.3 Å². The van der Waals surface area contributed by atoms with E-state index >= 15 is 0 Å². The monoisotopic (exact) mass is 292 g/mol. The van der Waals surface area contributed by atoms with E-state index in [4.69, 9.17) is 0 Å². The summed E-state index contributed by atoms with van der Waals surface area (Å²) in [7, 11) is 0. The summed E-state index contributed by atoms with van der Waals surface area (Å²) in [5.41, 5.74) is -4.28. The van der Waals surface area contributed by atoms with Crippen LogP contribution >= 0.6 is 0 Å². The first kappa shape index (κ1) is 14.3. The Morgan fingerprint density at radius 3 is 1.70 bits per heavy atom. The Morgan fingerprint density at radius 1 is 0.750 bits per heavy atom. The minimum absolute atomic E-state index is 0.479. The average molecular weight is 292 g/mol. The summed E-state index contributed by atoms with van der Waals surface area (Å²) in [4.78, 5) is 0. The molecule has 1 aromatic carbocycles. The highest BCUT2D eigenvalue weighted by Crippen LogP contribution is 2.43. The third kappa shape index (κ3) is 2.73. The largest absolute Gasteiger partial charge is 0.417 e. The van der Waals surface area contributed by atoms with E-state index < -0.39 is 34.7 Å². The van der Waals surface area contributed by atoms with Crippen LogP contribution in [0.4, 0.5) is 26.3 Å². The van der Waals surface area contributed by atoms with Crippen molar-refractivity contribution in [1.82, 2.24) is 10.2 Å². The number of alkyl halides is 6. The van der Waals surface area contributed by atoms with Gasteiger partial charge in [-0.25, -0.2) is 0 Å². The lowest BCUT2D eigenvalue weighted by molar-refractivity contribution is -0.142. The lowest BCUT2D eigenvalue weighted by atomic mass is 9.97. The number of benzene rings is 1. The van der Waals surface area contributed by atoms with Crippen molar-refractivity contribution in [3.05, 3.63) is 47.7 Å². The first-order chi connectivity index (χ1) is 9.21. The zero-order chi connectivity index (χ0) is 15.0. The van der Waals surface area contributed by atoms with E-state index in [0.29, 0.717) is 18.2 Å². The van der Waals surface area contributed by atoms with Crippen molar-refractivity contribution < 1.29 is 26.3 Å².